The number of nitrogens with one attached hydrogen (secondary N) is 1. The van der Waals surface area contributed by atoms with Gasteiger partial charge in [0.15, 0.2) is 0 Å². The molecule has 21 heavy (non-hydrogen) atoms. The first-order chi connectivity index (χ1) is 9.70. The third-order valence-electron chi connectivity index (χ3n) is 2.22. The number of carboxylic acids is 1. The molecule has 0 aromatic heterocycles. The van der Waals surface area contributed by atoms with Gasteiger partial charge >= 0.3 is 0 Å². The molecule has 0 saturated heterocycles. The van der Waals surface area contributed by atoms with Crippen molar-refractivity contribution >= 4 is 33.5 Å². The third kappa shape index (κ3) is 5.48. The Bertz CT molecular complexity index is 662. The van der Waals surface area contributed by atoms with Gasteiger partial charge in [0.25, 0.3) is 10.0 Å². The Morgan fingerprint density at radius 1 is 1.14 bits per heavy atom. The van der Waals surface area contributed by atoms with Crippen LogP contribution in [0.3, 0.4) is 0 Å². The lowest BCUT2D eigenvalue weighted by Crippen LogP contribution is -2.24. The third-order valence-corrected chi connectivity index (χ3v) is 3.54. The van der Waals surface area contributed by atoms with Gasteiger partial charge < -0.3 is 26.7 Å². The highest BCUT2D eigenvalue weighted by molar-refractivity contribution is 7.90. The van der Waals surface area contributed by atoms with E-state index in [1.807, 2.05) is 0 Å². The zero-order chi connectivity index (χ0) is 16.0. The monoisotopic (exact) mass is 313 g/mol. The number of aliphatic carboxylic acids is 1. The second-order valence-electron chi connectivity index (χ2n) is 3.94. The topological polar surface area (TPSA) is 168 Å². The van der Waals surface area contributed by atoms with Crippen LogP contribution in [0.5, 0.6) is 0 Å². The highest BCUT2D eigenvalue weighted by Crippen LogP contribution is 2.16. The molecule has 0 bridgehead atoms. The minimum atomic E-state index is -3.99. The Balaban J connectivity index is 2.77. The molecule has 1 aromatic carbocycles. The minimum Gasteiger partial charge on any atom is -0.550 e. The molecule has 9 nitrogen and oxygen atoms in total. The molecule has 0 unspecified atom stereocenters. The first-order valence-corrected chi connectivity index (χ1v) is 7.10. The van der Waals surface area contributed by atoms with Gasteiger partial charge in [0, 0.05) is 18.1 Å². The standard InChI is InChI=1S/C11H14N4O5S/c12-11(13)15-21(19,20)8-3-1-7(2-4-8)14-9(16)5-6-10(17)18/h1-4H,5-6H2,(H,14,16)(H,17,18)(H4,12,13,15)/p-1. The van der Waals surface area contributed by atoms with Crippen molar-refractivity contribution in [1.29, 1.82) is 0 Å². The number of carbonyl (C=O) groups is 2. The van der Waals surface area contributed by atoms with Crippen molar-refractivity contribution in [3.05, 3.63) is 24.3 Å². The Morgan fingerprint density at radius 2 is 1.71 bits per heavy atom. The largest absolute Gasteiger partial charge is 0.550 e. The van der Waals surface area contributed by atoms with Gasteiger partial charge in [-0.15, -0.1) is 4.40 Å². The summed E-state index contributed by atoms with van der Waals surface area (Å²) in [4.78, 5) is 21.4. The van der Waals surface area contributed by atoms with E-state index in [4.69, 9.17) is 11.5 Å². The number of rotatable bonds is 6. The Hall–Kier alpha value is -2.62. The molecule has 0 aliphatic rings. The molecule has 0 aliphatic heterocycles. The summed E-state index contributed by atoms with van der Waals surface area (Å²) in [6.45, 7) is 0. The number of sulfonamides is 1. The fourth-order valence-electron chi connectivity index (χ4n) is 1.34. The number of amides is 1. The highest BCUT2D eigenvalue weighted by Gasteiger charge is 2.13. The van der Waals surface area contributed by atoms with E-state index in [0.29, 0.717) is 5.69 Å². The van der Waals surface area contributed by atoms with Crippen LogP contribution in [-0.4, -0.2) is 26.3 Å². The van der Waals surface area contributed by atoms with Crippen LogP contribution in [0.15, 0.2) is 33.6 Å². The predicted molar refractivity (Wildman–Crippen MR) is 72.3 cm³/mol. The van der Waals surface area contributed by atoms with Gasteiger partial charge in [-0.3, -0.25) is 4.79 Å². The van der Waals surface area contributed by atoms with Crippen molar-refractivity contribution in [3.8, 4) is 0 Å². The van der Waals surface area contributed by atoms with Gasteiger partial charge in [-0.1, -0.05) is 0 Å². The number of anilines is 1. The van der Waals surface area contributed by atoms with Crippen molar-refractivity contribution in [3.63, 3.8) is 0 Å². The smallest absolute Gasteiger partial charge is 0.285 e. The fraction of sp³-hybridized carbons (Fsp3) is 0.182. The zero-order valence-electron chi connectivity index (χ0n) is 10.8. The number of carbonyl (C=O) groups excluding carboxylic acids is 2. The first kappa shape index (κ1) is 16.4. The molecule has 0 aliphatic carbocycles. The van der Waals surface area contributed by atoms with Crippen LogP contribution >= 0.6 is 0 Å². The van der Waals surface area contributed by atoms with E-state index in [1.165, 1.54) is 24.3 Å². The fourth-order valence-corrected chi connectivity index (χ4v) is 2.20. The maximum Gasteiger partial charge on any atom is 0.285 e. The van der Waals surface area contributed by atoms with Crippen molar-refractivity contribution in [2.75, 3.05) is 5.32 Å². The molecule has 10 heteroatoms. The molecule has 1 amide bonds. The molecule has 1 rings (SSSR count). The van der Waals surface area contributed by atoms with Crippen molar-refractivity contribution in [2.45, 2.75) is 17.7 Å². The van der Waals surface area contributed by atoms with Gasteiger partial charge in [0.05, 0.1) is 4.90 Å². The predicted octanol–water partition coefficient (Wildman–Crippen LogP) is -1.88. The summed E-state index contributed by atoms with van der Waals surface area (Å²) in [6.07, 6.45) is -0.640. The molecule has 0 atom stereocenters. The highest BCUT2D eigenvalue weighted by atomic mass is 32.2. The van der Waals surface area contributed by atoms with Crippen LogP contribution in [0.4, 0.5) is 5.69 Å². The van der Waals surface area contributed by atoms with Crippen molar-refractivity contribution in [2.24, 2.45) is 15.9 Å². The molecule has 0 fully saturated rings. The van der Waals surface area contributed by atoms with E-state index in [9.17, 15) is 23.1 Å². The summed E-state index contributed by atoms with van der Waals surface area (Å²) in [7, 11) is -3.99. The first-order valence-electron chi connectivity index (χ1n) is 5.66. The van der Waals surface area contributed by atoms with Gasteiger partial charge in [0.2, 0.25) is 11.9 Å². The number of hydrogen-bond donors (Lipinski definition) is 3. The van der Waals surface area contributed by atoms with E-state index in [0.717, 1.165) is 0 Å². The van der Waals surface area contributed by atoms with Crippen molar-refractivity contribution < 1.29 is 23.1 Å². The second kappa shape index (κ2) is 6.70. The summed E-state index contributed by atoms with van der Waals surface area (Å²) < 4.78 is 26.4. The van der Waals surface area contributed by atoms with Gasteiger partial charge in [-0.05, 0) is 30.7 Å². The molecule has 0 spiro atoms. The Morgan fingerprint density at radius 3 is 2.19 bits per heavy atom. The molecular weight excluding hydrogens is 300 g/mol. The normalized spacial score (nSPS) is 10.7. The average Bonchev–Trinajstić information content (AvgIpc) is 2.35. The van der Waals surface area contributed by atoms with Crippen LogP contribution in [0.1, 0.15) is 12.8 Å². The van der Waals surface area contributed by atoms with E-state index in [-0.39, 0.29) is 11.3 Å². The molecular formula is C11H13N4O5S-. The summed E-state index contributed by atoms with van der Waals surface area (Å²) >= 11 is 0. The Labute approximate surface area is 120 Å². The average molecular weight is 313 g/mol. The number of benzene rings is 1. The van der Waals surface area contributed by atoms with Crippen molar-refractivity contribution in [1.82, 2.24) is 0 Å². The summed E-state index contributed by atoms with van der Waals surface area (Å²) in [5, 5.41) is 12.6. The lowest BCUT2D eigenvalue weighted by Gasteiger charge is -2.06. The number of nitrogens with zero attached hydrogens (tertiary/aromatic N) is 1. The molecule has 0 heterocycles. The summed E-state index contributed by atoms with van der Waals surface area (Å²) in [5.74, 6) is -2.45. The molecule has 5 N–H and O–H groups in total. The summed E-state index contributed by atoms with van der Waals surface area (Å²) in [5.41, 5.74) is 10.3. The van der Waals surface area contributed by atoms with Crippen LogP contribution in [-0.2, 0) is 19.6 Å². The van der Waals surface area contributed by atoms with Crippen LogP contribution < -0.4 is 21.9 Å². The van der Waals surface area contributed by atoms with Gasteiger partial charge in [-0.2, -0.15) is 8.42 Å². The Kier molecular flexibility index (Phi) is 5.24. The molecule has 0 saturated carbocycles. The SMILES string of the molecule is NC(N)=NS(=O)(=O)c1ccc(NC(=O)CCC(=O)[O-])cc1. The zero-order valence-corrected chi connectivity index (χ0v) is 11.6. The molecule has 0 radical (unpaired) electrons. The van der Waals surface area contributed by atoms with Crippen LogP contribution in [0.2, 0.25) is 0 Å². The second-order valence-corrected chi connectivity index (χ2v) is 5.54. The lowest BCUT2D eigenvalue weighted by molar-refractivity contribution is -0.305. The number of carboxylic acid groups (broad SMARTS) is 1. The molecule has 1 aromatic rings. The maximum atomic E-state index is 11.6. The van der Waals surface area contributed by atoms with E-state index >= 15 is 0 Å². The van der Waals surface area contributed by atoms with Crippen LogP contribution in [0, 0.1) is 0 Å². The van der Waals surface area contributed by atoms with E-state index in [2.05, 4.69) is 9.71 Å². The van der Waals surface area contributed by atoms with E-state index in [1.54, 1.807) is 0 Å². The number of hydrogen-bond acceptors (Lipinski definition) is 5. The van der Waals surface area contributed by atoms with Gasteiger partial charge in [0.1, 0.15) is 0 Å². The number of guanidine groups is 1. The van der Waals surface area contributed by atoms with Crippen LogP contribution in [0.25, 0.3) is 0 Å². The minimum absolute atomic E-state index is 0.149. The summed E-state index contributed by atoms with van der Waals surface area (Å²) in [6, 6.07) is 5.06. The van der Waals surface area contributed by atoms with Gasteiger partial charge in [-0.25, -0.2) is 0 Å². The maximum absolute atomic E-state index is 11.6. The quantitative estimate of drug-likeness (QED) is 0.407. The van der Waals surface area contributed by atoms with E-state index < -0.39 is 34.3 Å². The number of nitrogens with two attached hydrogens (primary N) is 2. The molecule has 114 valence electrons. The lowest BCUT2D eigenvalue weighted by atomic mass is 10.2.